The third-order valence-electron chi connectivity index (χ3n) is 6.82. The predicted octanol–water partition coefficient (Wildman–Crippen LogP) is 4.40. The van der Waals surface area contributed by atoms with Crippen molar-refractivity contribution < 1.29 is 9.53 Å². The predicted molar refractivity (Wildman–Crippen MR) is 93.3 cm³/mol. The van der Waals surface area contributed by atoms with E-state index in [2.05, 4.69) is 11.8 Å². The van der Waals surface area contributed by atoms with Crippen LogP contribution in [0.1, 0.15) is 77.6 Å². The Kier molecular flexibility index (Phi) is 6.01. The molecule has 1 unspecified atom stereocenters. The van der Waals surface area contributed by atoms with Gasteiger partial charge in [-0.3, -0.25) is 4.79 Å². The average molecular weight is 322 g/mol. The minimum atomic E-state index is 0.232. The summed E-state index contributed by atoms with van der Waals surface area (Å²) in [7, 11) is 0. The van der Waals surface area contributed by atoms with E-state index in [1.807, 2.05) is 0 Å². The van der Waals surface area contributed by atoms with Crippen molar-refractivity contribution in [3.63, 3.8) is 0 Å². The molecule has 2 saturated heterocycles. The Balaban J connectivity index is 1.65. The first-order valence-corrected chi connectivity index (χ1v) is 10.1. The van der Waals surface area contributed by atoms with Gasteiger partial charge in [-0.1, -0.05) is 39.0 Å². The van der Waals surface area contributed by atoms with Crippen LogP contribution in [0, 0.1) is 17.3 Å². The first-order valence-electron chi connectivity index (χ1n) is 10.1. The fourth-order valence-corrected chi connectivity index (χ4v) is 5.28. The first-order chi connectivity index (χ1) is 11.2. The lowest BCUT2D eigenvalue weighted by Crippen LogP contribution is -2.52. The largest absolute Gasteiger partial charge is 0.381 e. The number of nitrogens with zero attached hydrogens (tertiary/aromatic N) is 1. The van der Waals surface area contributed by atoms with E-state index < -0.39 is 0 Å². The van der Waals surface area contributed by atoms with E-state index in [4.69, 9.17) is 4.74 Å². The molecule has 2 heterocycles. The zero-order valence-corrected chi connectivity index (χ0v) is 15.0. The molecule has 1 saturated carbocycles. The van der Waals surface area contributed by atoms with Crippen molar-refractivity contribution in [3.8, 4) is 0 Å². The second-order valence-electron chi connectivity index (χ2n) is 8.18. The average Bonchev–Trinajstić information content (AvgIpc) is 2.62. The van der Waals surface area contributed by atoms with Gasteiger partial charge in [-0.15, -0.1) is 0 Å². The third-order valence-corrected chi connectivity index (χ3v) is 6.82. The highest BCUT2D eigenvalue weighted by molar-refractivity contribution is 5.79. The summed E-state index contributed by atoms with van der Waals surface area (Å²) in [6, 6.07) is 0. The van der Waals surface area contributed by atoms with Crippen molar-refractivity contribution in [1.82, 2.24) is 4.90 Å². The topological polar surface area (TPSA) is 29.5 Å². The summed E-state index contributed by atoms with van der Waals surface area (Å²) in [4.78, 5) is 15.1. The van der Waals surface area contributed by atoms with Gasteiger partial charge in [0.1, 0.15) is 0 Å². The number of carbonyl (C=O) groups excluding carboxylic acids is 1. The van der Waals surface area contributed by atoms with Crippen LogP contribution in [0.25, 0.3) is 0 Å². The van der Waals surface area contributed by atoms with E-state index in [1.165, 1.54) is 57.8 Å². The Hall–Kier alpha value is -0.570. The van der Waals surface area contributed by atoms with Crippen LogP contribution in [-0.4, -0.2) is 37.1 Å². The Morgan fingerprint density at radius 1 is 1.13 bits per heavy atom. The monoisotopic (exact) mass is 321 g/mol. The van der Waals surface area contributed by atoms with Gasteiger partial charge < -0.3 is 9.64 Å². The molecule has 0 aromatic rings. The maximum Gasteiger partial charge on any atom is 0.225 e. The summed E-state index contributed by atoms with van der Waals surface area (Å²) in [6.45, 7) is 5.89. The summed E-state index contributed by atoms with van der Waals surface area (Å²) in [6.07, 6.45) is 14.1. The van der Waals surface area contributed by atoms with Gasteiger partial charge in [-0.2, -0.15) is 0 Å². The van der Waals surface area contributed by atoms with Crippen LogP contribution in [0.2, 0.25) is 0 Å². The minimum absolute atomic E-state index is 0.232. The van der Waals surface area contributed by atoms with Crippen molar-refractivity contribution >= 4 is 5.91 Å². The number of amides is 1. The molecule has 1 aliphatic carbocycles. The normalized spacial score (nSPS) is 28.9. The molecule has 0 bridgehead atoms. The standard InChI is InChI=1S/C20H35NO2/c1-2-3-7-18-16-21(19(22)17-8-14-23-15-9-17)13-12-20(18)10-5-4-6-11-20/h17-18H,2-16H2,1H3. The number of hydrogen-bond acceptors (Lipinski definition) is 2. The lowest BCUT2D eigenvalue weighted by molar-refractivity contribution is -0.144. The smallest absolute Gasteiger partial charge is 0.225 e. The van der Waals surface area contributed by atoms with Gasteiger partial charge in [0.2, 0.25) is 5.91 Å². The number of ether oxygens (including phenoxy) is 1. The number of hydrogen-bond donors (Lipinski definition) is 0. The highest BCUT2D eigenvalue weighted by Crippen LogP contribution is 2.50. The van der Waals surface area contributed by atoms with Crippen LogP contribution >= 0.6 is 0 Å². The lowest BCUT2D eigenvalue weighted by Gasteiger charge is -2.51. The van der Waals surface area contributed by atoms with Crippen molar-refractivity contribution in [2.75, 3.05) is 26.3 Å². The Morgan fingerprint density at radius 3 is 2.57 bits per heavy atom. The van der Waals surface area contributed by atoms with Gasteiger partial charge >= 0.3 is 0 Å². The number of rotatable bonds is 4. The molecule has 3 nitrogen and oxygen atoms in total. The van der Waals surface area contributed by atoms with Gasteiger partial charge in [0, 0.05) is 32.2 Å². The number of unbranched alkanes of at least 4 members (excludes halogenated alkanes) is 1. The highest BCUT2D eigenvalue weighted by Gasteiger charge is 2.44. The fraction of sp³-hybridized carbons (Fsp3) is 0.950. The second kappa shape index (κ2) is 8.00. The van der Waals surface area contributed by atoms with Crippen LogP contribution < -0.4 is 0 Å². The summed E-state index contributed by atoms with van der Waals surface area (Å²) in [5.41, 5.74) is 0.569. The molecule has 3 heteroatoms. The van der Waals surface area contributed by atoms with Crippen molar-refractivity contribution in [1.29, 1.82) is 0 Å². The molecule has 23 heavy (non-hydrogen) atoms. The van der Waals surface area contributed by atoms with Gasteiger partial charge in [-0.25, -0.2) is 0 Å². The van der Waals surface area contributed by atoms with Crippen molar-refractivity contribution in [2.45, 2.75) is 77.6 Å². The van der Waals surface area contributed by atoms with Crippen molar-refractivity contribution in [2.24, 2.45) is 17.3 Å². The fourth-order valence-electron chi connectivity index (χ4n) is 5.28. The Morgan fingerprint density at radius 2 is 1.87 bits per heavy atom. The van der Waals surface area contributed by atoms with E-state index in [0.29, 0.717) is 11.3 Å². The molecule has 0 aromatic heterocycles. The van der Waals surface area contributed by atoms with Gasteiger partial charge in [0.25, 0.3) is 0 Å². The molecular formula is C20H35NO2. The number of carbonyl (C=O) groups is 1. The summed E-state index contributed by atoms with van der Waals surface area (Å²) in [5, 5.41) is 0. The molecule has 0 radical (unpaired) electrons. The summed E-state index contributed by atoms with van der Waals surface area (Å²) in [5.74, 6) is 1.41. The van der Waals surface area contributed by atoms with Gasteiger partial charge in [0.05, 0.1) is 0 Å². The SMILES string of the molecule is CCCCC1CN(C(=O)C2CCOCC2)CCC12CCCCC2. The molecule has 132 valence electrons. The first kappa shape index (κ1) is 17.3. The minimum Gasteiger partial charge on any atom is -0.381 e. The van der Waals surface area contributed by atoms with Crippen LogP contribution in [0.15, 0.2) is 0 Å². The van der Waals surface area contributed by atoms with Crippen molar-refractivity contribution in [3.05, 3.63) is 0 Å². The number of piperidine rings is 1. The molecule has 2 aliphatic heterocycles. The molecule has 1 amide bonds. The Bertz CT molecular complexity index is 383. The van der Waals surface area contributed by atoms with Crippen LogP contribution in [-0.2, 0) is 9.53 Å². The van der Waals surface area contributed by atoms with E-state index in [-0.39, 0.29) is 5.92 Å². The molecule has 3 aliphatic rings. The molecule has 3 fully saturated rings. The molecule has 0 aromatic carbocycles. The van der Waals surface area contributed by atoms with E-state index in [9.17, 15) is 4.79 Å². The van der Waals surface area contributed by atoms with Crippen LogP contribution in [0.4, 0.5) is 0 Å². The maximum atomic E-state index is 12.9. The van der Waals surface area contributed by atoms with E-state index in [0.717, 1.165) is 45.1 Å². The van der Waals surface area contributed by atoms with E-state index >= 15 is 0 Å². The summed E-state index contributed by atoms with van der Waals surface area (Å²) < 4.78 is 5.43. The third kappa shape index (κ3) is 3.92. The molecular weight excluding hydrogens is 286 g/mol. The van der Waals surface area contributed by atoms with Crippen LogP contribution in [0.3, 0.4) is 0 Å². The van der Waals surface area contributed by atoms with Gasteiger partial charge in [0.15, 0.2) is 0 Å². The Labute approximate surface area is 142 Å². The molecule has 3 rings (SSSR count). The molecule has 1 atom stereocenters. The lowest BCUT2D eigenvalue weighted by atomic mass is 9.61. The zero-order valence-electron chi connectivity index (χ0n) is 15.0. The molecule has 0 N–H and O–H groups in total. The zero-order chi connectivity index (χ0) is 16.1. The quantitative estimate of drug-likeness (QED) is 0.768. The molecule has 1 spiro atoms. The maximum absolute atomic E-state index is 12.9. The highest BCUT2D eigenvalue weighted by atomic mass is 16.5. The summed E-state index contributed by atoms with van der Waals surface area (Å²) >= 11 is 0. The second-order valence-corrected chi connectivity index (χ2v) is 8.18. The van der Waals surface area contributed by atoms with E-state index in [1.54, 1.807) is 0 Å². The van der Waals surface area contributed by atoms with Crippen LogP contribution in [0.5, 0.6) is 0 Å². The number of likely N-dealkylation sites (tertiary alicyclic amines) is 1. The van der Waals surface area contributed by atoms with Gasteiger partial charge in [-0.05, 0) is 49.9 Å².